The fourth-order valence-corrected chi connectivity index (χ4v) is 1.68. The third-order valence-electron chi connectivity index (χ3n) is 2.57. The van der Waals surface area contributed by atoms with E-state index in [1.165, 1.54) is 12.1 Å². The largest absolute Gasteiger partial charge is 0.506 e. The molecule has 2 rings (SSSR count). The standard InChI is InChI=1S/C12H8N4O4/c13-5-6-14-12(18)8-2-1-7-9(16(19)20)3-4-10(17)11(7)15-8/h1-4,17H,6H2,(H,14,18). The predicted molar refractivity (Wildman–Crippen MR) is 68.0 cm³/mol. The highest BCUT2D eigenvalue weighted by Crippen LogP contribution is 2.30. The van der Waals surface area contributed by atoms with Gasteiger partial charge in [-0.1, -0.05) is 0 Å². The maximum Gasteiger partial charge on any atom is 0.279 e. The van der Waals surface area contributed by atoms with Gasteiger partial charge in [0.2, 0.25) is 0 Å². The number of amides is 1. The summed E-state index contributed by atoms with van der Waals surface area (Å²) in [5, 5.41) is 31.4. The number of carbonyl (C=O) groups excluding carboxylic acids is 1. The molecule has 20 heavy (non-hydrogen) atoms. The Morgan fingerprint density at radius 1 is 1.45 bits per heavy atom. The number of benzene rings is 1. The number of carbonyl (C=O) groups is 1. The molecule has 2 aromatic rings. The molecule has 100 valence electrons. The summed E-state index contributed by atoms with van der Waals surface area (Å²) in [5.41, 5.74) is -0.290. The summed E-state index contributed by atoms with van der Waals surface area (Å²) in [6, 6.07) is 6.68. The average Bonchev–Trinajstić information content (AvgIpc) is 2.44. The van der Waals surface area contributed by atoms with Crippen LogP contribution < -0.4 is 5.32 Å². The van der Waals surface area contributed by atoms with Crippen molar-refractivity contribution in [2.45, 2.75) is 0 Å². The van der Waals surface area contributed by atoms with Gasteiger partial charge in [0, 0.05) is 6.07 Å². The van der Waals surface area contributed by atoms with Crippen molar-refractivity contribution in [3.63, 3.8) is 0 Å². The zero-order valence-electron chi connectivity index (χ0n) is 10.0. The molecule has 0 aliphatic rings. The number of nitriles is 1. The van der Waals surface area contributed by atoms with Gasteiger partial charge >= 0.3 is 0 Å². The third-order valence-corrected chi connectivity index (χ3v) is 2.57. The van der Waals surface area contributed by atoms with Crippen molar-refractivity contribution in [1.29, 1.82) is 5.26 Å². The lowest BCUT2D eigenvalue weighted by molar-refractivity contribution is -0.383. The second-order valence-corrected chi connectivity index (χ2v) is 3.79. The number of aromatic nitrogens is 1. The molecule has 0 saturated heterocycles. The van der Waals surface area contributed by atoms with Crippen molar-refractivity contribution in [1.82, 2.24) is 10.3 Å². The minimum Gasteiger partial charge on any atom is -0.506 e. The Morgan fingerprint density at radius 3 is 2.85 bits per heavy atom. The number of rotatable bonds is 3. The van der Waals surface area contributed by atoms with E-state index in [2.05, 4.69) is 10.3 Å². The molecule has 1 aromatic heterocycles. The first-order valence-electron chi connectivity index (χ1n) is 5.47. The van der Waals surface area contributed by atoms with Crippen LogP contribution in [0.1, 0.15) is 10.5 Å². The van der Waals surface area contributed by atoms with E-state index in [-0.39, 0.29) is 34.6 Å². The number of nitro benzene ring substituents is 1. The van der Waals surface area contributed by atoms with Crippen LogP contribution in [0.2, 0.25) is 0 Å². The van der Waals surface area contributed by atoms with E-state index in [0.29, 0.717) is 0 Å². The van der Waals surface area contributed by atoms with Gasteiger partial charge < -0.3 is 10.4 Å². The summed E-state index contributed by atoms with van der Waals surface area (Å²) < 4.78 is 0. The summed E-state index contributed by atoms with van der Waals surface area (Å²) >= 11 is 0. The van der Waals surface area contributed by atoms with Gasteiger partial charge in [0.25, 0.3) is 11.6 Å². The highest BCUT2D eigenvalue weighted by atomic mass is 16.6. The molecule has 8 nitrogen and oxygen atoms in total. The van der Waals surface area contributed by atoms with Crippen LogP contribution in [0, 0.1) is 21.4 Å². The van der Waals surface area contributed by atoms with Gasteiger partial charge in [-0.2, -0.15) is 5.26 Å². The van der Waals surface area contributed by atoms with Crippen molar-refractivity contribution in [3.05, 3.63) is 40.1 Å². The van der Waals surface area contributed by atoms with Gasteiger partial charge in [-0.05, 0) is 18.2 Å². The number of nitrogens with one attached hydrogen (secondary N) is 1. The Hall–Kier alpha value is -3.21. The molecule has 0 aliphatic carbocycles. The molecular weight excluding hydrogens is 264 g/mol. The Labute approximate surface area is 112 Å². The number of non-ortho nitro benzene ring substituents is 1. The van der Waals surface area contributed by atoms with Crippen LogP contribution in [-0.2, 0) is 0 Å². The lowest BCUT2D eigenvalue weighted by Gasteiger charge is -2.04. The predicted octanol–water partition coefficient (Wildman–Crippen LogP) is 1.10. The first-order valence-corrected chi connectivity index (χ1v) is 5.47. The molecule has 0 aliphatic heterocycles. The maximum atomic E-state index is 11.6. The Balaban J connectivity index is 2.55. The Kier molecular flexibility index (Phi) is 3.43. The topological polar surface area (TPSA) is 129 Å². The van der Waals surface area contributed by atoms with E-state index in [1.807, 2.05) is 0 Å². The molecule has 0 bridgehead atoms. The van der Waals surface area contributed by atoms with Crippen LogP contribution in [0.4, 0.5) is 5.69 Å². The fourth-order valence-electron chi connectivity index (χ4n) is 1.68. The number of hydrogen-bond donors (Lipinski definition) is 2. The molecule has 0 saturated carbocycles. The first-order chi connectivity index (χ1) is 9.54. The molecule has 0 unspecified atom stereocenters. The second-order valence-electron chi connectivity index (χ2n) is 3.79. The van der Waals surface area contributed by atoms with Crippen LogP contribution in [-0.4, -0.2) is 27.5 Å². The number of phenolic OH excluding ortho intramolecular Hbond substituents is 1. The van der Waals surface area contributed by atoms with Gasteiger partial charge in [0.15, 0.2) is 0 Å². The lowest BCUT2D eigenvalue weighted by Crippen LogP contribution is -2.24. The summed E-state index contributed by atoms with van der Waals surface area (Å²) in [5.74, 6) is -0.861. The summed E-state index contributed by atoms with van der Waals surface area (Å²) in [7, 11) is 0. The molecule has 1 amide bonds. The van der Waals surface area contributed by atoms with Gasteiger partial charge in [-0.3, -0.25) is 14.9 Å². The van der Waals surface area contributed by atoms with Gasteiger partial charge in [0.05, 0.1) is 16.4 Å². The van der Waals surface area contributed by atoms with Crippen LogP contribution in [0.3, 0.4) is 0 Å². The highest BCUT2D eigenvalue weighted by Gasteiger charge is 2.17. The number of aromatic hydroxyl groups is 1. The second kappa shape index (κ2) is 5.19. The van der Waals surface area contributed by atoms with Crippen molar-refractivity contribution in [2.24, 2.45) is 0 Å². The van der Waals surface area contributed by atoms with Crippen molar-refractivity contribution < 1.29 is 14.8 Å². The molecule has 0 fully saturated rings. The first kappa shape index (κ1) is 13.2. The molecule has 0 atom stereocenters. The summed E-state index contributed by atoms with van der Waals surface area (Å²) in [6.45, 7) is -0.181. The number of phenols is 1. The van der Waals surface area contributed by atoms with E-state index in [1.54, 1.807) is 6.07 Å². The minimum absolute atomic E-state index is 0.0381. The van der Waals surface area contributed by atoms with Crippen molar-refractivity contribution in [2.75, 3.05) is 6.54 Å². The average molecular weight is 272 g/mol. The highest BCUT2D eigenvalue weighted by molar-refractivity contribution is 5.98. The number of nitro groups is 1. The number of nitrogens with zero attached hydrogens (tertiary/aromatic N) is 3. The van der Waals surface area contributed by atoms with Gasteiger partial charge in [-0.15, -0.1) is 0 Å². The Morgan fingerprint density at radius 2 is 2.20 bits per heavy atom. The Bertz CT molecular complexity index is 751. The van der Waals surface area contributed by atoms with Crippen LogP contribution in [0.5, 0.6) is 5.75 Å². The quantitative estimate of drug-likeness (QED) is 0.489. The van der Waals surface area contributed by atoms with Gasteiger partial charge in [-0.25, -0.2) is 4.98 Å². The number of pyridine rings is 1. The molecule has 1 aromatic carbocycles. The van der Waals surface area contributed by atoms with Crippen LogP contribution >= 0.6 is 0 Å². The zero-order chi connectivity index (χ0) is 14.7. The SMILES string of the molecule is N#CCNC(=O)c1ccc2c([N+](=O)[O-])ccc(O)c2n1. The van der Waals surface area contributed by atoms with E-state index in [0.717, 1.165) is 12.1 Å². The summed E-state index contributed by atoms with van der Waals surface area (Å²) in [6.07, 6.45) is 0. The van der Waals surface area contributed by atoms with Gasteiger partial charge in [0.1, 0.15) is 23.5 Å². The molecule has 2 N–H and O–H groups in total. The van der Waals surface area contributed by atoms with E-state index in [9.17, 15) is 20.0 Å². The van der Waals surface area contributed by atoms with E-state index >= 15 is 0 Å². The van der Waals surface area contributed by atoms with Crippen molar-refractivity contribution in [3.8, 4) is 11.8 Å². The normalized spacial score (nSPS) is 9.95. The maximum absolute atomic E-state index is 11.6. The van der Waals surface area contributed by atoms with Crippen molar-refractivity contribution >= 4 is 22.5 Å². The molecule has 8 heteroatoms. The molecule has 0 spiro atoms. The molecule has 1 heterocycles. The number of hydrogen-bond acceptors (Lipinski definition) is 6. The summed E-state index contributed by atoms with van der Waals surface area (Å²) in [4.78, 5) is 25.8. The minimum atomic E-state index is -0.598. The smallest absolute Gasteiger partial charge is 0.279 e. The molecular formula is C12H8N4O4. The third kappa shape index (κ3) is 2.32. The van der Waals surface area contributed by atoms with Crippen LogP contribution in [0.25, 0.3) is 10.9 Å². The zero-order valence-corrected chi connectivity index (χ0v) is 10.0. The molecule has 0 radical (unpaired) electrons. The lowest BCUT2D eigenvalue weighted by atomic mass is 10.1. The fraction of sp³-hybridized carbons (Fsp3) is 0.0833. The monoisotopic (exact) mass is 272 g/mol. The van der Waals surface area contributed by atoms with E-state index < -0.39 is 10.8 Å². The number of fused-ring (bicyclic) bond motifs is 1. The van der Waals surface area contributed by atoms with Crippen LogP contribution in [0.15, 0.2) is 24.3 Å². The van der Waals surface area contributed by atoms with E-state index in [4.69, 9.17) is 5.26 Å².